The summed E-state index contributed by atoms with van der Waals surface area (Å²) in [5.74, 6) is -0.338. The first kappa shape index (κ1) is 20.1. The normalized spacial score (nSPS) is 11.7. The van der Waals surface area contributed by atoms with Gasteiger partial charge in [0.2, 0.25) is 0 Å². The van der Waals surface area contributed by atoms with Crippen LogP contribution in [0.1, 0.15) is 36.1 Å². The second-order valence-corrected chi connectivity index (χ2v) is 7.74. The lowest BCUT2D eigenvalue weighted by Gasteiger charge is -2.24. The Labute approximate surface area is 160 Å². The molecule has 2 aromatic rings. The van der Waals surface area contributed by atoms with Crippen LogP contribution in [0.2, 0.25) is 0 Å². The van der Waals surface area contributed by atoms with E-state index in [1.807, 2.05) is 26.0 Å². The van der Waals surface area contributed by atoms with Crippen molar-refractivity contribution in [3.05, 3.63) is 64.7 Å². The number of ether oxygens (including phenoxy) is 1. The SMILES string of the molecule is CSc1ccc(C/C=C/c2cc(C)c(OC(C)(C)C(=O)O)c(C)c2)cc1. The van der Waals surface area contributed by atoms with Crippen molar-refractivity contribution < 1.29 is 14.6 Å². The van der Waals surface area contributed by atoms with E-state index in [-0.39, 0.29) is 0 Å². The Hall–Kier alpha value is -2.20. The quantitative estimate of drug-likeness (QED) is 0.652. The number of carbonyl (C=O) groups is 1. The topological polar surface area (TPSA) is 46.5 Å². The van der Waals surface area contributed by atoms with Crippen LogP contribution in [-0.4, -0.2) is 22.9 Å². The molecule has 0 heterocycles. The van der Waals surface area contributed by atoms with E-state index in [1.54, 1.807) is 25.6 Å². The number of carboxylic acids is 1. The first-order valence-corrected chi connectivity index (χ1v) is 9.78. The van der Waals surface area contributed by atoms with Gasteiger partial charge < -0.3 is 9.84 Å². The number of rotatable bonds is 7. The van der Waals surface area contributed by atoms with Crippen LogP contribution in [0.3, 0.4) is 0 Å². The van der Waals surface area contributed by atoms with Gasteiger partial charge in [0.15, 0.2) is 5.60 Å². The molecule has 0 aromatic heterocycles. The van der Waals surface area contributed by atoms with Gasteiger partial charge in [0, 0.05) is 4.90 Å². The number of aryl methyl sites for hydroxylation is 2. The second kappa shape index (κ2) is 8.45. The van der Waals surface area contributed by atoms with Gasteiger partial charge >= 0.3 is 5.97 Å². The van der Waals surface area contributed by atoms with Crippen molar-refractivity contribution >= 4 is 23.8 Å². The number of aliphatic carboxylic acids is 1. The van der Waals surface area contributed by atoms with Crippen molar-refractivity contribution in [2.24, 2.45) is 0 Å². The van der Waals surface area contributed by atoms with Gasteiger partial charge in [-0.05, 0) is 86.9 Å². The van der Waals surface area contributed by atoms with E-state index in [9.17, 15) is 9.90 Å². The molecule has 0 radical (unpaired) electrons. The molecule has 4 heteroatoms. The average Bonchev–Trinajstić information content (AvgIpc) is 2.58. The summed E-state index contributed by atoms with van der Waals surface area (Å²) in [5.41, 5.74) is 2.97. The fraction of sp³-hybridized carbons (Fsp3) is 0.318. The molecule has 2 rings (SSSR count). The highest BCUT2D eigenvalue weighted by molar-refractivity contribution is 7.98. The van der Waals surface area contributed by atoms with Gasteiger partial charge in [0.1, 0.15) is 5.75 Å². The summed E-state index contributed by atoms with van der Waals surface area (Å²) in [6.45, 7) is 7.01. The number of carboxylic acid groups (broad SMARTS) is 1. The maximum absolute atomic E-state index is 11.3. The van der Waals surface area contributed by atoms with Crippen LogP contribution in [0.15, 0.2) is 47.4 Å². The van der Waals surface area contributed by atoms with E-state index in [0.29, 0.717) is 5.75 Å². The highest BCUT2D eigenvalue weighted by atomic mass is 32.2. The van der Waals surface area contributed by atoms with Crippen molar-refractivity contribution in [1.29, 1.82) is 0 Å². The molecule has 0 aliphatic heterocycles. The third-order valence-corrected chi connectivity index (χ3v) is 4.92. The van der Waals surface area contributed by atoms with Gasteiger partial charge in [-0.15, -0.1) is 11.8 Å². The third kappa shape index (κ3) is 5.15. The van der Waals surface area contributed by atoms with Crippen LogP contribution in [-0.2, 0) is 11.2 Å². The first-order chi connectivity index (χ1) is 12.2. The molecule has 2 aromatic carbocycles. The minimum atomic E-state index is -1.25. The van der Waals surface area contributed by atoms with E-state index >= 15 is 0 Å². The van der Waals surface area contributed by atoms with Crippen LogP contribution >= 0.6 is 11.8 Å². The molecule has 26 heavy (non-hydrogen) atoms. The smallest absolute Gasteiger partial charge is 0.347 e. The van der Waals surface area contributed by atoms with Gasteiger partial charge in [0.25, 0.3) is 0 Å². The molecule has 0 aliphatic rings. The maximum Gasteiger partial charge on any atom is 0.347 e. The first-order valence-electron chi connectivity index (χ1n) is 8.56. The summed E-state index contributed by atoms with van der Waals surface area (Å²) in [6.07, 6.45) is 7.18. The molecule has 0 bridgehead atoms. The Kier molecular flexibility index (Phi) is 6.54. The molecular formula is C22H26O3S. The monoisotopic (exact) mass is 370 g/mol. The predicted molar refractivity (Wildman–Crippen MR) is 109 cm³/mol. The molecule has 0 fully saturated rings. The van der Waals surface area contributed by atoms with E-state index < -0.39 is 11.6 Å². The average molecular weight is 371 g/mol. The maximum atomic E-state index is 11.3. The van der Waals surface area contributed by atoms with Crippen LogP contribution in [0.25, 0.3) is 6.08 Å². The number of benzene rings is 2. The molecule has 0 atom stereocenters. The minimum Gasteiger partial charge on any atom is -0.478 e. The Morgan fingerprint density at radius 3 is 2.23 bits per heavy atom. The van der Waals surface area contributed by atoms with Gasteiger partial charge in [-0.25, -0.2) is 4.79 Å². The van der Waals surface area contributed by atoms with Crippen LogP contribution in [0.4, 0.5) is 0 Å². The molecule has 1 N–H and O–H groups in total. The molecule has 0 unspecified atom stereocenters. The lowest BCUT2D eigenvalue weighted by molar-refractivity contribution is -0.152. The minimum absolute atomic E-state index is 0.641. The highest BCUT2D eigenvalue weighted by Crippen LogP contribution is 2.29. The number of hydrogen-bond donors (Lipinski definition) is 1. The van der Waals surface area contributed by atoms with Crippen molar-refractivity contribution in [2.45, 2.75) is 44.6 Å². The zero-order chi connectivity index (χ0) is 19.3. The fourth-order valence-electron chi connectivity index (χ4n) is 2.63. The molecule has 3 nitrogen and oxygen atoms in total. The number of allylic oxidation sites excluding steroid dienone is 1. The van der Waals surface area contributed by atoms with Gasteiger partial charge in [0.05, 0.1) is 0 Å². The number of hydrogen-bond acceptors (Lipinski definition) is 3. The lowest BCUT2D eigenvalue weighted by Crippen LogP contribution is -2.38. The van der Waals surface area contributed by atoms with E-state index in [1.165, 1.54) is 10.5 Å². The molecular weight excluding hydrogens is 344 g/mol. The lowest BCUT2D eigenvalue weighted by atomic mass is 10.0. The molecule has 0 amide bonds. The summed E-state index contributed by atoms with van der Waals surface area (Å²) in [4.78, 5) is 12.6. The summed E-state index contributed by atoms with van der Waals surface area (Å²) in [6, 6.07) is 12.6. The molecule has 0 spiro atoms. The van der Waals surface area contributed by atoms with Gasteiger partial charge in [-0.1, -0.05) is 24.3 Å². The third-order valence-electron chi connectivity index (χ3n) is 4.18. The Morgan fingerprint density at radius 2 is 1.73 bits per heavy atom. The molecule has 0 saturated heterocycles. The van der Waals surface area contributed by atoms with E-state index in [0.717, 1.165) is 23.1 Å². The van der Waals surface area contributed by atoms with Crippen LogP contribution in [0, 0.1) is 13.8 Å². The van der Waals surface area contributed by atoms with Crippen molar-refractivity contribution in [3.8, 4) is 5.75 Å². The Bertz CT molecular complexity index is 782. The van der Waals surface area contributed by atoms with Gasteiger partial charge in [-0.2, -0.15) is 0 Å². The second-order valence-electron chi connectivity index (χ2n) is 6.86. The van der Waals surface area contributed by atoms with Crippen LogP contribution in [0.5, 0.6) is 5.75 Å². The summed E-state index contributed by atoms with van der Waals surface area (Å²) < 4.78 is 5.75. The largest absolute Gasteiger partial charge is 0.478 e. The molecule has 0 aliphatic carbocycles. The Morgan fingerprint density at radius 1 is 1.15 bits per heavy atom. The summed E-state index contributed by atoms with van der Waals surface area (Å²) >= 11 is 1.74. The van der Waals surface area contributed by atoms with Crippen molar-refractivity contribution in [1.82, 2.24) is 0 Å². The number of thioether (sulfide) groups is 1. The summed E-state index contributed by atoms with van der Waals surface area (Å²) in [5, 5.41) is 9.26. The van der Waals surface area contributed by atoms with E-state index in [4.69, 9.17) is 4.74 Å². The standard InChI is InChI=1S/C22H26O3S/c1-15-13-18(8-6-7-17-9-11-19(26-5)12-10-17)14-16(2)20(15)25-22(3,4)21(23)24/h6,8-14H,7H2,1-5H3,(H,23,24)/b8-6+. The highest BCUT2D eigenvalue weighted by Gasteiger charge is 2.30. The Balaban J connectivity index is 2.12. The van der Waals surface area contributed by atoms with Gasteiger partial charge in [-0.3, -0.25) is 0 Å². The van der Waals surface area contributed by atoms with Crippen LogP contribution < -0.4 is 4.74 Å². The molecule has 0 saturated carbocycles. The van der Waals surface area contributed by atoms with Crippen molar-refractivity contribution in [3.63, 3.8) is 0 Å². The zero-order valence-corrected chi connectivity index (χ0v) is 16.8. The fourth-order valence-corrected chi connectivity index (χ4v) is 3.04. The van der Waals surface area contributed by atoms with Crippen molar-refractivity contribution in [2.75, 3.05) is 6.26 Å². The molecule has 138 valence electrons. The zero-order valence-electron chi connectivity index (χ0n) is 16.0. The summed E-state index contributed by atoms with van der Waals surface area (Å²) in [7, 11) is 0. The van der Waals surface area contributed by atoms with E-state index in [2.05, 4.69) is 42.7 Å². The predicted octanol–water partition coefficient (Wildman–Crippen LogP) is 5.52.